The van der Waals surface area contributed by atoms with E-state index in [1.54, 1.807) is 48.8 Å². The van der Waals surface area contributed by atoms with Gasteiger partial charge in [0, 0.05) is 36.1 Å². The third-order valence-electron chi connectivity index (χ3n) is 3.85. The molecule has 0 saturated carbocycles. The number of pyridine rings is 1. The Bertz CT molecular complexity index is 843. The summed E-state index contributed by atoms with van der Waals surface area (Å²) in [4.78, 5) is 22.8. The monoisotopic (exact) mass is 306 g/mol. The zero-order valence-corrected chi connectivity index (χ0v) is 12.2. The van der Waals surface area contributed by atoms with Crippen LogP contribution in [-0.2, 0) is 0 Å². The van der Waals surface area contributed by atoms with Crippen molar-refractivity contribution in [1.82, 2.24) is 9.88 Å². The molecule has 0 unspecified atom stereocenters. The molecule has 4 rings (SSSR count). The molecule has 114 valence electrons. The molecule has 1 aromatic carbocycles. The van der Waals surface area contributed by atoms with E-state index in [1.165, 1.54) is 0 Å². The van der Waals surface area contributed by atoms with E-state index in [-0.39, 0.29) is 11.5 Å². The first-order valence-corrected chi connectivity index (χ1v) is 7.31. The Labute approximate surface area is 132 Å². The van der Waals surface area contributed by atoms with E-state index in [9.17, 15) is 9.90 Å². The molecule has 2 aromatic rings. The Balaban J connectivity index is 1.74. The molecule has 0 spiro atoms. The van der Waals surface area contributed by atoms with Crippen molar-refractivity contribution in [1.29, 1.82) is 0 Å². The Hall–Kier alpha value is -3.15. The third-order valence-corrected chi connectivity index (χ3v) is 3.85. The molecule has 0 aliphatic carbocycles. The average molecular weight is 306 g/mol. The topological polar surface area (TPSA) is 77.8 Å². The molecule has 6 heteroatoms. The van der Waals surface area contributed by atoms with Crippen LogP contribution in [-0.4, -0.2) is 39.7 Å². The minimum Gasteiger partial charge on any atom is -0.508 e. The van der Waals surface area contributed by atoms with Gasteiger partial charge < -0.3 is 15.3 Å². The Morgan fingerprint density at radius 2 is 2.26 bits per heavy atom. The van der Waals surface area contributed by atoms with Crippen LogP contribution in [0.15, 0.2) is 59.6 Å². The van der Waals surface area contributed by atoms with Crippen molar-refractivity contribution in [3.63, 3.8) is 0 Å². The molecule has 23 heavy (non-hydrogen) atoms. The van der Waals surface area contributed by atoms with Crippen molar-refractivity contribution < 1.29 is 9.90 Å². The van der Waals surface area contributed by atoms with Crippen LogP contribution in [0.4, 0.5) is 5.69 Å². The van der Waals surface area contributed by atoms with Gasteiger partial charge in [-0.25, -0.2) is 0 Å². The van der Waals surface area contributed by atoms with Crippen molar-refractivity contribution in [2.45, 2.75) is 0 Å². The number of phenolic OH excluding ortho intramolecular Hbond substituents is 1. The lowest BCUT2D eigenvalue weighted by Gasteiger charge is -2.31. The van der Waals surface area contributed by atoms with Gasteiger partial charge in [-0.3, -0.25) is 14.8 Å². The quantitative estimate of drug-likeness (QED) is 0.504. The second-order valence-corrected chi connectivity index (χ2v) is 5.35. The third kappa shape index (κ3) is 2.34. The summed E-state index contributed by atoms with van der Waals surface area (Å²) >= 11 is 0. The van der Waals surface area contributed by atoms with Crippen molar-refractivity contribution >= 4 is 17.3 Å². The second-order valence-electron chi connectivity index (χ2n) is 5.35. The standard InChI is InChI=1S/C17H14N4O2/c22-12-3-4-14-13(8-12)17-19-6-7-21(17)16(20-14)9-15(23)11-2-1-5-18-10-11/h1-5,8-10,20,22H,6-7H2/b16-9+. The number of aliphatic imine (C=N–C) groups is 1. The lowest BCUT2D eigenvalue weighted by Crippen LogP contribution is -2.36. The van der Waals surface area contributed by atoms with Gasteiger partial charge in [0.25, 0.3) is 0 Å². The molecule has 0 bridgehead atoms. The number of nitrogens with zero attached hydrogens (tertiary/aromatic N) is 3. The van der Waals surface area contributed by atoms with Gasteiger partial charge in [-0.2, -0.15) is 0 Å². The second kappa shape index (κ2) is 5.24. The van der Waals surface area contributed by atoms with Crippen molar-refractivity contribution in [3.8, 4) is 5.75 Å². The van der Waals surface area contributed by atoms with Crippen LogP contribution in [0, 0.1) is 0 Å². The first-order chi connectivity index (χ1) is 11.2. The Morgan fingerprint density at radius 3 is 3.09 bits per heavy atom. The molecule has 0 radical (unpaired) electrons. The largest absolute Gasteiger partial charge is 0.508 e. The van der Waals surface area contributed by atoms with Crippen LogP contribution >= 0.6 is 0 Å². The maximum atomic E-state index is 12.4. The molecule has 1 aromatic heterocycles. The molecule has 6 nitrogen and oxygen atoms in total. The van der Waals surface area contributed by atoms with Crippen LogP contribution in [0.3, 0.4) is 0 Å². The van der Waals surface area contributed by atoms with Gasteiger partial charge in [-0.1, -0.05) is 0 Å². The predicted octanol–water partition coefficient (Wildman–Crippen LogP) is 2.00. The lowest BCUT2D eigenvalue weighted by atomic mass is 10.1. The SMILES string of the molecule is O=C(/C=C1\Nc2ccc(O)cc2C2=NCCN21)c1cccnc1. The first-order valence-electron chi connectivity index (χ1n) is 7.31. The molecule has 2 aliphatic heterocycles. The summed E-state index contributed by atoms with van der Waals surface area (Å²) in [5, 5.41) is 12.9. The van der Waals surface area contributed by atoms with Gasteiger partial charge in [0.15, 0.2) is 5.78 Å². The Kier molecular flexibility index (Phi) is 3.08. The number of fused-ring (bicyclic) bond motifs is 3. The maximum absolute atomic E-state index is 12.4. The zero-order valence-electron chi connectivity index (χ0n) is 12.2. The van der Waals surface area contributed by atoms with E-state index in [1.807, 2.05) is 4.90 Å². The van der Waals surface area contributed by atoms with Crippen LogP contribution in [0.1, 0.15) is 15.9 Å². The number of ketones is 1. The van der Waals surface area contributed by atoms with E-state index >= 15 is 0 Å². The van der Waals surface area contributed by atoms with Gasteiger partial charge in [0.2, 0.25) is 0 Å². The van der Waals surface area contributed by atoms with Crippen molar-refractivity contribution in [3.05, 3.63) is 65.7 Å². The number of amidine groups is 1. The summed E-state index contributed by atoms with van der Waals surface area (Å²) in [6.07, 6.45) is 4.75. The molecular formula is C17H14N4O2. The Morgan fingerprint density at radius 1 is 1.35 bits per heavy atom. The van der Waals surface area contributed by atoms with Crippen LogP contribution in [0.2, 0.25) is 0 Å². The molecule has 0 atom stereocenters. The molecule has 3 heterocycles. The number of rotatable bonds is 2. The molecule has 0 saturated heterocycles. The summed E-state index contributed by atoms with van der Waals surface area (Å²) in [6, 6.07) is 8.54. The lowest BCUT2D eigenvalue weighted by molar-refractivity contribution is 0.104. The molecule has 2 aliphatic rings. The molecular weight excluding hydrogens is 292 g/mol. The van der Waals surface area contributed by atoms with E-state index in [2.05, 4.69) is 15.3 Å². The maximum Gasteiger partial charge on any atom is 0.191 e. The van der Waals surface area contributed by atoms with Crippen molar-refractivity contribution in [2.75, 3.05) is 18.4 Å². The minimum absolute atomic E-state index is 0.117. The number of hydrogen-bond donors (Lipinski definition) is 2. The predicted molar refractivity (Wildman–Crippen MR) is 86.5 cm³/mol. The number of phenols is 1. The number of aromatic hydroxyl groups is 1. The number of nitrogens with one attached hydrogen (secondary N) is 1. The van der Waals surface area contributed by atoms with Gasteiger partial charge in [-0.15, -0.1) is 0 Å². The van der Waals surface area contributed by atoms with E-state index in [0.29, 0.717) is 24.5 Å². The molecule has 0 fully saturated rings. The average Bonchev–Trinajstić information content (AvgIpc) is 3.06. The highest BCUT2D eigenvalue weighted by Gasteiger charge is 2.30. The van der Waals surface area contributed by atoms with Crippen molar-refractivity contribution in [2.24, 2.45) is 4.99 Å². The van der Waals surface area contributed by atoms with Crippen LogP contribution < -0.4 is 5.32 Å². The summed E-state index contributed by atoms with van der Waals surface area (Å²) in [5.74, 6) is 1.54. The highest BCUT2D eigenvalue weighted by atomic mass is 16.3. The molecule has 2 N–H and O–H groups in total. The summed E-state index contributed by atoms with van der Waals surface area (Å²) in [5.41, 5.74) is 2.20. The van der Waals surface area contributed by atoms with E-state index in [4.69, 9.17) is 0 Å². The van der Waals surface area contributed by atoms with Gasteiger partial charge in [0.1, 0.15) is 17.4 Å². The fourth-order valence-electron chi connectivity index (χ4n) is 2.77. The normalized spacial score (nSPS) is 17.3. The number of aromatic nitrogens is 1. The number of carbonyl (C=O) groups is 1. The fraction of sp³-hybridized carbons (Fsp3) is 0.118. The smallest absolute Gasteiger partial charge is 0.191 e. The highest BCUT2D eigenvalue weighted by Crippen LogP contribution is 2.32. The zero-order chi connectivity index (χ0) is 15.8. The van der Waals surface area contributed by atoms with E-state index < -0.39 is 0 Å². The summed E-state index contributed by atoms with van der Waals surface area (Å²) < 4.78 is 0. The number of benzene rings is 1. The summed E-state index contributed by atoms with van der Waals surface area (Å²) in [7, 11) is 0. The highest BCUT2D eigenvalue weighted by molar-refractivity contribution is 6.10. The minimum atomic E-state index is -0.117. The van der Waals surface area contributed by atoms with Gasteiger partial charge >= 0.3 is 0 Å². The molecule has 0 amide bonds. The fourth-order valence-corrected chi connectivity index (χ4v) is 2.77. The number of allylic oxidation sites excluding steroid dienone is 1. The number of hydrogen-bond acceptors (Lipinski definition) is 6. The number of carbonyl (C=O) groups excluding carboxylic acids is 1. The summed E-state index contributed by atoms with van der Waals surface area (Å²) in [6.45, 7) is 1.36. The van der Waals surface area contributed by atoms with Crippen LogP contribution in [0.25, 0.3) is 0 Å². The van der Waals surface area contributed by atoms with E-state index in [0.717, 1.165) is 17.1 Å². The van der Waals surface area contributed by atoms with Gasteiger partial charge in [0.05, 0.1) is 12.2 Å². The first kappa shape index (κ1) is 13.5. The number of anilines is 1. The van der Waals surface area contributed by atoms with Crippen LogP contribution in [0.5, 0.6) is 5.75 Å². The van der Waals surface area contributed by atoms with Gasteiger partial charge in [-0.05, 0) is 30.3 Å².